The molecule has 2 N–H and O–H groups in total. The maximum absolute atomic E-state index is 12.3. The van der Waals surface area contributed by atoms with Crippen molar-refractivity contribution in [2.24, 2.45) is 0 Å². The molecular formula is C16H25N3O3S2. The molecule has 6 nitrogen and oxygen atoms in total. The number of ether oxygens (including phenoxy) is 1. The number of thiophene rings is 1. The smallest absolute Gasteiger partial charge is 0.341 e. The van der Waals surface area contributed by atoms with Gasteiger partial charge in [-0.25, -0.2) is 4.79 Å². The zero-order valence-corrected chi connectivity index (χ0v) is 16.4. The van der Waals surface area contributed by atoms with Crippen LogP contribution in [0.3, 0.4) is 0 Å². The molecule has 0 atom stereocenters. The third-order valence-corrected chi connectivity index (χ3v) is 4.87. The van der Waals surface area contributed by atoms with Crippen LogP contribution >= 0.6 is 23.6 Å². The molecule has 1 amide bonds. The summed E-state index contributed by atoms with van der Waals surface area (Å²) < 4.78 is 4.85. The normalized spacial score (nSPS) is 10.2. The van der Waals surface area contributed by atoms with E-state index in [2.05, 4.69) is 17.6 Å². The van der Waals surface area contributed by atoms with Gasteiger partial charge in [0.2, 0.25) is 0 Å². The fraction of sp³-hybridized carbons (Fsp3) is 0.562. The first-order valence-corrected chi connectivity index (χ1v) is 9.04. The molecule has 0 saturated carbocycles. The molecule has 1 aromatic rings. The summed E-state index contributed by atoms with van der Waals surface area (Å²) in [6.45, 7) is 4.64. The van der Waals surface area contributed by atoms with E-state index in [1.54, 1.807) is 21.0 Å². The summed E-state index contributed by atoms with van der Waals surface area (Å²) in [6, 6.07) is 0. The average Bonchev–Trinajstić information content (AvgIpc) is 2.86. The molecule has 8 heteroatoms. The van der Waals surface area contributed by atoms with E-state index in [1.165, 1.54) is 23.3 Å². The van der Waals surface area contributed by atoms with Crippen molar-refractivity contribution in [3.8, 4) is 0 Å². The van der Waals surface area contributed by atoms with E-state index < -0.39 is 5.97 Å². The summed E-state index contributed by atoms with van der Waals surface area (Å²) in [6.07, 6.45) is 3.28. The Morgan fingerprint density at radius 3 is 2.50 bits per heavy atom. The molecular weight excluding hydrogens is 346 g/mol. The van der Waals surface area contributed by atoms with Crippen LogP contribution in [0.4, 0.5) is 5.00 Å². The standard InChI is InChI=1S/C16H25N3O3S2/c1-6-7-8-9-17-16(23)18-13-11(15(21)22-5)10(2)12(24-13)14(20)19(3)4/h6-9H2,1-5H3,(H2,17,18,23). The van der Waals surface area contributed by atoms with Crippen molar-refractivity contribution in [3.63, 3.8) is 0 Å². The van der Waals surface area contributed by atoms with Gasteiger partial charge in [-0.15, -0.1) is 11.3 Å². The van der Waals surface area contributed by atoms with Gasteiger partial charge >= 0.3 is 5.97 Å². The second kappa shape index (κ2) is 9.58. The van der Waals surface area contributed by atoms with Gasteiger partial charge in [0.25, 0.3) is 5.91 Å². The lowest BCUT2D eigenvalue weighted by atomic mass is 10.1. The fourth-order valence-corrected chi connectivity index (χ4v) is 3.57. The minimum atomic E-state index is -0.488. The summed E-state index contributed by atoms with van der Waals surface area (Å²) in [7, 11) is 4.66. The van der Waals surface area contributed by atoms with Crippen LogP contribution in [0.5, 0.6) is 0 Å². The number of nitrogens with zero attached hydrogens (tertiary/aromatic N) is 1. The van der Waals surface area contributed by atoms with Crippen LogP contribution in [-0.4, -0.2) is 49.6 Å². The Balaban J connectivity index is 2.99. The predicted molar refractivity (Wildman–Crippen MR) is 102 cm³/mol. The molecule has 1 rings (SSSR count). The van der Waals surface area contributed by atoms with Crippen molar-refractivity contribution in [1.82, 2.24) is 10.2 Å². The zero-order valence-electron chi connectivity index (χ0n) is 14.8. The molecule has 1 aromatic heterocycles. The Morgan fingerprint density at radius 1 is 1.29 bits per heavy atom. The highest BCUT2D eigenvalue weighted by atomic mass is 32.1. The van der Waals surface area contributed by atoms with Crippen molar-refractivity contribution >= 4 is 45.5 Å². The van der Waals surface area contributed by atoms with E-state index in [0.717, 1.165) is 25.8 Å². The molecule has 0 aliphatic rings. The lowest BCUT2D eigenvalue weighted by molar-refractivity contribution is 0.0601. The van der Waals surface area contributed by atoms with Crippen LogP contribution in [0, 0.1) is 6.92 Å². The van der Waals surface area contributed by atoms with Crippen LogP contribution in [-0.2, 0) is 4.74 Å². The van der Waals surface area contributed by atoms with Gasteiger partial charge in [-0.2, -0.15) is 0 Å². The highest BCUT2D eigenvalue weighted by Crippen LogP contribution is 2.34. The van der Waals surface area contributed by atoms with Crippen LogP contribution in [0.1, 0.15) is 51.8 Å². The maximum Gasteiger partial charge on any atom is 0.341 e. The number of methoxy groups -OCH3 is 1. The number of thiocarbonyl (C=S) groups is 1. The lowest BCUT2D eigenvalue weighted by Crippen LogP contribution is -2.29. The third kappa shape index (κ3) is 5.17. The Morgan fingerprint density at radius 2 is 1.96 bits per heavy atom. The Labute approximate surface area is 152 Å². The molecule has 1 heterocycles. The van der Waals surface area contributed by atoms with Crippen LogP contribution < -0.4 is 10.6 Å². The van der Waals surface area contributed by atoms with Crippen molar-refractivity contribution < 1.29 is 14.3 Å². The van der Waals surface area contributed by atoms with Crippen molar-refractivity contribution in [2.75, 3.05) is 33.1 Å². The number of unbranched alkanes of at least 4 members (excludes halogenated alkanes) is 2. The largest absolute Gasteiger partial charge is 0.465 e. The van der Waals surface area contributed by atoms with Gasteiger partial charge in [0.1, 0.15) is 5.00 Å². The number of carbonyl (C=O) groups excluding carboxylic acids is 2. The summed E-state index contributed by atoms with van der Waals surface area (Å²) in [5.41, 5.74) is 0.951. The fourth-order valence-electron chi connectivity index (χ4n) is 2.08. The molecule has 0 unspecified atom stereocenters. The van der Waals surface area contributed by atoms with Gasteiger partial charge in [0, 0.05) is 20.6 Å². The van der Waals surface area contributed by atoms with Gasteiger partial charge in [-0.05, 0) is 31.1 Å². The van der Waals surface area contributed by atoms with Crippen molar-refractivity contribution in [1.29, 1.82) is 0 Å². The second-order valence-electron chi connectivity index (χ2n) is 5.54. The Hall–Kier alpha value is -1.67. The van der Waals surface area contributed by atoms with Crippen LogP contribution in [0.25, 0.3) is 0 Å². The van der Waals surface area contributed by atoms with Gasteiger partial charge < -0.3 is 20.3 Å². The predicted octanol–water partition coefficient (Wildman–Crippen LogP) is 3.02. The molecule has 0 bridgehead atoms. The number of hydrogen-bond donors (Lipinski definition) is 2. The highest BCUT2D eigenvalue weighted by molar-refractivity contribution is 7.80. The van der Waals surface area contributed by atoms with Gasteiger partial charge in [0.15, 0.2) is 5.11 Å². The van der Waals surface area contributed by atoms with Crippen molar-refractivity contribution in [3.05, 3.63) is 16.0 Å². The topological polar surface area (TPSA) is 70.7 Å². The van der Waals surface area contributed by atoms with Gasteiger partial charge in [-0.3, -0.25) is 4.79 Å². The van der Waals surface area contributed by atoms with Gasteiger partial charge in [-0.1, -0.05) is 19.8 Å². The van der Waals surface area contributed by atoms with Crippen LogP contribution in [0.15, 0.2) is 0 Å². The molecule has 0 aliphatic heterocycles. The van der Waals surface area contributed by atoms with E-state index in [9.17, 15) is 9.59 Å². The number of rotatable bonds is 7. The average molecular weight is 372 g/mol. The molecule has 0 aromatic carbocycles. The first-order valence-electron chi connectivity index (χ1n) is 7.81. The number of hydrogen-bond acceptors (Lipinski definition) is 5. The lowest BCUT2D eigenvalue weighted by Gasteiger charge is -2.10. The summed E-state index contributed by atoms with van der Waals surface area (Å²) in [5, 5.41) is 7.09. The molecule has 0 radical (unpaired) electrons. The first-order chi connectivity index (χ1) is 11.3. The number of anilines is 1. The van der Waals surface area contributed by atoms with E-state index in [0.29, 0.717) is 26.1 Å². The zero-order chi connectivity index (χ0) is 18.3. The van der Waals surface area contributed by atoms with E-state index in [4.69, 9.17) is 17.0 Å². The first kappa shape index (κ1) is 20.4. The molecule has 0 aliphatic carbocycles. The number of nitrogens with one attached hydrogen (secondary N) is 2. The molecule has 0 spiro atoms. The van der Waals surface area contributed by atoms with Gasteiger partial charge in [0.05, 0.1) is 17.6 Å². The molecule has 134 valence electrons. The van der Waals surface area contributed by atoms with E-state index >= 15 is 0 Å². The number of amides is 1. The summed E-state index contributed by atoms with van der Waals surface area (Å²) in [5.74, 6) is -0.643. The third-order valence-electron chi connectivity index (χ3n) is 3.43. The monoisotopic (exact) mass is 371 g/mol. The maximum atomic E-state index is 12.3. The number of carbonyl (C=O) groups is 2. The molecule has 0 fully saturated rings. The number of esters is 1. The summed E-state index contributed by atoms with van der Waals surface area (Å²) in [4.78, 5) is 26.4. The van der Waals surface area contributed by atoms with E-state index in [-0.39, 0.29) is 5.91 Å². The van der Waals surface area contributed by atoms with E-state index in [1.807, 2.05) is 0 Å². The van der Waals surface area contributed by atoms with Crippen LogP contribution in [0.2, 0.25) is 0 Å². The highest BCUT2D eigenvalue weighted by Gasteiger charge is 2.26. The van der Waals surface area contributed by atoms with Crippen molar-refractivity contribution in [2.45, 2.75) is 33.1 Å². The molecule has 0 saturated heterocycles. The second-order valence-corrected chi connectivity index (χ2v) is 6.97. The quantitative estimate of drug-likeness (QED) is 0.436. The summed E-state index contributed by atoms with van der Waals surface area (Å²) >= 11 is 6.48. The minimum absolute atomic E-state index is 0.155. The Bertz CT molecular complexity index is 612. The Kier molecular flexibility index (Phi) is 8.14. The minimum Gasteiger partial charge on any atom is -0.465 e. The SMILES string of the molecule is CCCCCNC(=S)Nc1sc(C(=O)N(C)C)c(C)c1C(=O)OC. The molecule has 24 heavy (non-hydrogen) atoms.